The lowest BCUT2D eigenvalue weighted by molar-refractivity contribution is 0.181. The summed E-state index contributed by atoms with van der Waals surface area (Å²) in [6, 6.07) is 19.9. The van der Waals surface area contributed by atoms with Crippen molar-refractivity contribution in [2.45, 2.75) is 6.54 Å². The molecule has 1 saturated heterocycles. The highest BCUT2D eigenvalue weighted by atomic mass is 35.5. The zero-order valence-corrected chi connectivity index (χ0v) is 20.7. The molecular formula is C25H18ClN5O5S. The van der Waals surface area contributed by atoms with Gasteiger partial charge in [0.2, 0.25) is 0 Å². The van der Waals surface area contributed by atoms with Crippen LogP contribution in [0.2, 0.25) is 4.34 Å². The molecule has 0 bridgehead atoms. The lowest BCUT2D eigenvalue weighted by Crippen LogP contribution is -2.23. The number of anilines is 2. The second kappa shape index (κ2) is 9.60. The minimum Gasteiger partial charge on any atom is -0.447 e. The van der Waals surface area contributed by atoms with Crippen LogP contribution >= 0.6 is 22.9 Å². The van der Waals surface area contributed by atoms with Crippen LogP contribution in [-0.2, 0) is 11.3 Å². The van der Waals surface area contributed by atoms with Gasteiger partial charge < -0.3 is 14.0 Å². The van der Waals surface area contributed by atoms with E-state index in [9.17, 15) is 9.59 Å². The van der Waals surface area contributed by atoms with Crippen LogP contribution in [0, 0.1) is 0 Å². The number of thiophene rings is 1. The van der Waals surface area contributed by atoms with E-state index < -0.39 is 12.2 Å². The normalized spacial score (nSPS) is 13.2. The summed E-state index contributed by atoms with van der Waals surface area (Å²) in [7, 11) is 0. The van der Waals surface area contributed by atoms with E-state index in [-0.39, 0.29) is 12.6 Å². The number of ether oxygens (including phenoxy) is 2. The molecule has 12 heteroatoms. The van der Waals surface area contributed by atoms with Gasteiger partial charge in [-0.15, -0.1) is 11.3 Å². The zero-order chi connectivity index (χ0) is 25.4. The molecule has 1 N–H and O–H groups in total. The predicted octanol–water partition coefficient (Wildman–Crippen LogP) is 6.02. The number of halogens is 1. The summed E-state index contributed by atoms with van der Waals surface area (Å²) in [5.41, 5.74) is 3.25. The highest BCUT2D eigenvalue weighted by molar-refractivity contribution is 7.19. The van der Waals surface area contributed by atoms with Crippen molar-refractivity contribution in [3.63, 3.8) is 0 Å². The number of nitrogens with zero attached hydrogens (tertiary/aromatic N) is 4. The number of benzene rings is 2. The largest absolute Gasteiger partial charge is 0.447 e. The molecule has 6 rings (SSSR count). The Kier molecular flexibility index (Phi) is 5.99. The van der Waals surface area contributed by atoms with E-state index in [2.05, 4.69) is 15.5 Å². The van der Waals surface area contributed by atoms with E-state index in [1.165, 1.54) is 16.2 Å². The quantitative estimate of drug-likeness (QED) is 0.283. The minimum absolute atomic E-state index is 0.110. The molecule has 37 heavy (non-hydrogen) atoms. The molecule has 3 aromatic heterocycles. The van der Waals surface area contributed by atoms with Crippen molar-refractivity contribution in [3.8, 4) is 16.6 Å². The molecule has 186 valence electrons. The molecule has 1 fully saturated rings. The molecule has 2 aromatic carbocycles. The predicted molar refractivity (Wildman–Crippen MR) is 138 cm³/mol. The number of fused-ring (bicyclic) bond motifs is 1. The zero-order valence-electron chi connectivity index (χ0n) is 19.1. The molecule has 0 spiro atoms. The molecule has 0 radical (unpaired) electrons. The van der Waals surface area contributed by atoms with Crippen LogP contribution in [0.1, 0.15) is 5.69 Å². The summed E-state index contributed by atoms with van der Waals surface area (Å²) >= 11 is 7.43. The SMILES string of the molecule is O=C(Nc1ccc(N2CCOC2=O)cc1)Oc1nc2ccccc2n1Cc1cc(-c2ccc(Cl)s2)on1. The summed E-state index contributed by atoms with van der Waals surface area (Å²) in [5.74, 6) is 0.599. The molecule has 1 aliphatic heterocycles. The van der Waals surface area contributed by atoms with Crippen molar-refractivity contribution in [2.75, 3.05) is 23.4 Å². The van der Waals surface area contributed by atoms with Gasteiger partial charge in [0.05, 0.1) is 33.3 Å². The summed E-state index contributed by atoms with van der Waals surface area (Å²) < 4.78 is 18.4. The average Bonchev–Trinajstić information content (AvgIpc) is 3.68. The van der Waals surface area contributed by atoms with E-state index in [0.717, 1.165) is 10.4 Å². The Bertz CT molecular complexity index is 1610. The molecule has 4 heterocycles. The Labute approximate surface area is 219 Å². The molecular weight excluding hydrogens is 518 g/mol. The first kappa shape index (κ1) is 23.1. The van der Waals surface area contributed by atoms with Crippen LogP contribution in [0.4, 0.5) is 21.0 Å². The van der Waals surface area contributed by atoms with Gasteiger partial charge in [-0.3, -0.25) is 14.8 Å². The topological polar surface area (TPSA) is 112 Å². The number of nitrogens with one attached hydrogen (secondary N) is 1. The van der Waals surface area contributed by atoms with E-state index in [0.29, 0.717) is 45.8 Å². The van der Waals surface area contributed by atoms with E-state index in [4.69, 9.17) is 25.6 Å². The van der Waals surface area contributed by atoms with Crippen LogP contribution in [-0.4, -0.2) is 40.0 Å². The number of rotatable bonds is 6. The lowest BCUT2D eigenvalue weighted by atomic mass is 10.2. The first-order valence-electron chi connectivity index (χ1n) is 11.2. The van der Waals surface area contributed by atoms with Crippen LogP contribution in [0.25, 0.3) is 21.7 Å². The van der Waals surface area contributed by atoms with Gasteiger partial charge >= 0.3 is 18.2 Å². The van der Waals surface area contributed by atoms with Crippen molar-refractivity contribution < 1.29 is 23.6 Å². The Morgan fingerprint density at radius 2 is 1.97 bits per heavy atom. The molecule has 1 aliphatic rings. The maximum Gasteiger partial charge on any atom is 0.419 e. The fraction of sp³-hybridized carbons (Fsp3) is 0.120. The number of imidazole rings is 1. The summed E-state index contributed by atoms with van der Waals surface area (Å²) in [4.78, 5) is 31.3. The molecule has 10 nitrogen and oxygen atoms in total. The van der Waals surface area contributed by atoms with Gasteiger partial charge in [0.1, 0.15) is 12.3 Å². The third-order valence-corrected chi connectivity index (χ3v) is 6.93. The number of hydrogen-bond acceptors (Lipinski definition) is 8. The number of cyclic esters (lactones) is 1. The van der Waals surface area contributed by atoms with Gasteiger partial charge in [-0.05, 0) is 48.5 Å². The summed E-state index contributed by atoms with van der Waals surface area (Å²) in [6.07, 6.45) is -1.10. The van der Waals surface area contributed by atoms with E-state index >= 15 is 0 Å². The third kappa shape index (κ3) is 4.74. The highest BCUT2D eigenvalue weighted by Crippen LogP contribution is 2.32. The van der Waals surface area contributed by atoms with Gasteiger partial charge in [-0.25, -0.2) is 9.59 Å². The second-order valence-electron chi connectivity index (χ2n) is 8.08. The fourth-order valence-corrected chi connectivity index (χ4v) is 4.97. The maximum absolute atomic E-state index is 12.7. The van der Waals surface area contributed by atoms with Crippen molar-refractivity contribution in [3.05, 3.63) is 76.8 Å². The smallest absolute Gasteiger partial charge is 0.419 e. The van der Waals surface area contributed by atoms with Crippen LogP contribution in [0.3, 0.4) is 0 Å². The average molecular weight is 536 g/mol. The summed E-state index contributed by atoms with van der Waals surface area (Å²) in [6.45, 7) is 1.11. The van der Waals surface area contributed by atoms with Crippen molar-refractivity contribution in [1.82, 2.24) is 14.7 Å². The van der Waals surface area contributed by atoms with Gasteiger partial charge in [0.25, 0.3) is 0 Å². The fourth-order valence-electron chi connectivity index (χ4n) is 3.97. The van der Waals surface area contributed by atoms with Crippen LogP contribution in [0.15, 0.2) is 71.3 Å². The van der Waals surface area contributed by atoms with Gasteiger partial charge in [0.15, 0.2) is 5.76 Å². The Morgan fingerprint density at radius 3 is 2.73 bits per heavy atom. The number of carbonyl (C=O) groups excluding carboxylic acids is 2. The maximum atomic E-state index is 12.7. The Hall–Kier alpha value is -4.35. The van der Waals surface area contributed by atoms with Crippen LogP contribution in [0.5, 0.6) is 6.01 Å². The molecule has 0 aliphatic carbocycles. The number of amides is 2. The minimum atomic E-state index is -0.709. The van der Waals surface area contributed by atoms with Crippen molar-refractivity contribution >= 4 is 57.5 Å². The Morgan fingerprint density at radius 1 is 1.14 bits per heavy atom. The lowest BCUT2D eigenvalue weighted by Gasteiger charge is -2.13. The first-order chi connectivity index (χ1) is 18.0. The summed E-state index contributed by atoms with van der Waals surface area (Å²) in [5, 5.41) is 6.85. The number of hydrogen-bond donors (Lipinski definition) is 1. The third-order valence-electron chi connectivity index (χ3n) is 5.68. The molecule has 2 amide bonds. The monoisotopic (exact) mass is 535 g/mol. The second-order valence-corrected chi connectivity index (χ2v) is 9.80. The molecule has 0 atom stereocenters. The highest BCUT2D eigenvalue weighted by Gasteiger charge is 2.23. The van der Waals surface area contributed by atoms with E-state index in [1.54, 1.807) is 34.9 Å². The molecule has 0 unspecified atom stereocenters. The van der Waals surface area contributed by atoms with Crippen molar-refractivity contribution in [2.24, 2.45) is 0 Å². The van der Waals surface area contributed by atoms with Gasteiger partial charge in [-0.2, -0.15) is 4.98 Å². The van der Waals surface area contributed by atoms with E-state index in [1.807, 2.05) is 36.4 Å². The molecule has 5 aromatic rings. The number of carbonyl (C=O) groups is 2. The Balaban J connectivity index is 1.20. The van der Waals surface area contributed by atoms with Gasteiger partial charge in [0, 0.05) is 17.4 Å². The first-order valence-corrected chi connectivity index (χ1v) is 12.4. The molecule has 0 saturated carbocycles. The van der Waals surface area contributed by atoms with Crippen LogP contribution < -0.4 is 15.0 Å². The van der Waals surface area contributed by atoms with Crippen molar-refractivity contribution in [1.29, 1.82) is 0 Å². The number of aromatic nitrogens is 3. The standard InChI is InChI=1S/C25H18ClN5O5S/c26-22-10-9-21(37-22)20-13-16(29-36-20)14-31-19-4-2-1-3-18(19)28-23(31)35-24(32)27-15-5-7-17(8-6-15)30-11-12-34-25(30)33/h1-10,13H,11-12,14H2,(H,27,32). The van der Waals surface area contributed by atoms with Gasteiger partial charge in [-0.1, -0.05) is 28.9 Å². The number of para-hydroxylation sites is 2.